The van der Waals surface area contributed by atoms with E-state index < -0.39 is 0 Å². The molecule has 3 aromatic rings. The van der Waals surface area contributed by atoms with Crippen LogP contribution in [0.4, 0.5) is 0 Å². The number of aromatic nitrogens is 5. The summed E-state index contributed by atoms with van der Waals surface area (Å²) in [5.74, 6) is 1.39. The molecule has 2 heterocycles. The van der Waals surface area contributed by atoms with Gasteiger partial charge in [-0.25, -0.2) is 0 Å². The number of benzene rings is 1. The molecule has 0 aliphatic carbocycles. The number of nitrogens with zero attached hydrogens (tertiary/aromatic N) is 5. The minimum absolute atomic E-state index is 0.456. The zero-order chi connectivity index (χ0) is 13.9. The van der Waals surface area contributed by atoms with Gasteiger partial charge in [0.15, 0.2) is 0 Å². The molecule has 102 valence electrons. The van der Waals surface area contributed by atoms with Crippen LogP contribution in [0, 0.1) is 6.92 Å². The summed E-state index contributed by atoms with van der Waals surface area (Å²) < 4.78 is 5.01. The highest BCUT2D eigenvalue weighted by Gasteiger charge is 2.08. The quantitative estimate of drug-likeness (QED) is 0.726. The van der Waals surface area contributed by atoms with Gasteiger partial charge < -0.3 is 4.52 Å². The summed E-state index contributed by atoms with van der Waals surface area (Å²) >= 11 is 0. The van der Waals surface area contributed by atoms with Crippen molar-refractivity contribution >= 4 is 0 Å². The van der Waals surface area contributed by atoms with Gasteiger partial charge in [0.2, 0.25) is 5.82 Å². The summed E-state index contributed by atoms with van der Waals surface area (Å²) in [6.07, 6.45) is 1.02. The van der Waals surface area contributed by atoms with Gasteiger partial charge in [-0.2, -0.15) is 4.80 Å². The second kappa shape index (κ2) is 5.24. The Labute approximate surface area is 116 Å². The van der Waals surface area contributed by atoms with Gasteiger partial charge in [0.1, 0.15) is 18.0 Å². The Bertz CT molecular complexity index is 698. The van der Waals surface area contributed by atoms with Gasteiger partial charge in [0.25, 0.3) is 0 Å². The van der Waals surface area contributed by atoms with E-state index in [-0.39, 0.29) is 0 Å². The maximum atomic E-state index is 5.01. The van der Waals surface area contributed by atoms with E-state index in [0.717, 1.165) is 23.4 Å². The summed E-state index contributed by atoms with van der Waals surface area (Å²) in [5, 5.41) is 16.4. The SMILES string of the molecule is CCc1ccc(-c2nnn(Cc3cc(C)on3)n2)cc1. The lowest BCUT2D eigenvalue weighted by Gasteiger charge is -1.97. The molecule has 0 unspecified atom stereocenters. The third kappa shape index (κ3) is 2.59. The van der Waals surface area contributed by atoms with E-state index in [1.165, 1.54) is 10.4 Å². The summed E-state index contributed by atoms with van der Waals surface area (Å²) in [6.45, 7) is 4.44. The Hall–Kier alpha value is -2.50. The van der Waals surface area contributed by atoms with Crippen molar-refractivity contribution in [3.63, 3.8) is 0 Å². The normalized spacial score (nSPS) is 10.9. The average Bonchev–Trinajstić information content (AvgIpc) is 3.09. The first-order chi connectivity index (χ1) is 9.74. The topological polar surface area (TPSA) is 69.6 Å². The van der Waals surface area contributed by atoms with Crippen molar-refractivity contribution in [3.8, 4) is 11.4 Å². The zero-order valence-corrected chi connectivity index (χ0v) is 11.4. The van der Waals surface area contributed by atoms with Crippen LogP contribution < -0.4 is 0 Å². The number of tetrazole rings is 1. The molecule has 3 rings (SSSR count). The molecular weight excluding hydrogens is 254 g/mol. The Morgan fingerprint density at radius 1 is 1.20 bits per heavy atom. The average molecular weight is 269 g/mol. The maximum Gasteiger partial charge on any atom is 0.204 e. The molecule has 0 amide bonds. The van der Waals surface area contributed by atoms with E-state index >= 15 is 0 Å². The van der Waals surface area contributed by atoms with Crippen molar-refractivity contribution in [1.82, 2.24) is 25.4 Å². The summed E-state index contributed by atoms with van der Waals surface area (Å²) in [6, 6.07) is 10.0. The van der Waals surface area contributed by atoms with Crippen LogP contribution in [0.25, 0.3) is 11.4 Å². The molecule has 0 aliphatic heterocycles. The fraction of sp³-hybridized carbons (Fsp3) is 0.286. The van der Waals surface area contributed by atoms with E-state index in [0.29, 0.717) is 12.4 Å². The molecular formula is C14H15N5O. The molecule has 6 nitrogen and oxygen atoms in total. The first-order valence-electron chi connectivity index (χ1n) is 6.54. The van der Waals surface area contributed by atoms with E-state index in [4.69, 9.17) is 4.52 Å². The number of rotatable bonds is 4. The van der Waals surface area contributed by atoms with Gasteiger partial charge in [0.05, 0.1) is 0 Å². The Morgan fingerprint density at radius 3 is 2.65 bits per heavy atom. The van der Waals surface area contributed by atoms with Gasteiger partial charge in [0, 0.05) is 11.6 Å². The second-order valence-corrected chi connectivity index (χ2v) is 4.62. The van der Waals surface area contributed by atoms with Crippen molar-refractivity contribution in [2.45, 2.75) is 26.8 Å². The number of aryl methyl sites for hydroxylation is 2. The lowest BCUT2D eigenvalue weighted by Crippen LogP contribution is -2.04. The van der Waals surface area contributed by atoms with Crippen molar-refractivity contribution in [3.05, 3.63) is 47.3 Å². The lowest BCUT2D eigenvalue weighted by atomic mass is 10.1. The number of hydrogen-bond acceptors (Lipinski definition) is 5. The fourth-order valence-electron chi connectivity index (χ4n) is 1.95. The highest BCUT2D eigenvalue weighted by atomic mass is 16.5. The van der Waals surface area contributed by atoms with Crippen LogP contribution in [0.2, 0.25) is 0 Å². The molecule has 0 spiro atoms. The highest BCUT2D eigenvalue weighted by Crippen LogP contribution is 2.15. The summed E-state index contributed by atoms with van der Waals surface area (Å²) in [7, 11) is 0. The standard InChI is InChI=1S/C14H15N5O/c1-3-11-4-6-12(7-5-11)14-15-18-19(16-14)9-13-8-10(2)20-17-13/h4-8H,3,9H2,1-2H3. The first kappa shape index (κ1) is 12.5. The third-order valence-electron chi connectivity index (χ3n) is 3.05. The molecule has 6 heteroatoms. The molecule has 0 N–H and O–H groups in total. The van der Waals surface area contributed by atoms with E-state index in [1.54, 1.807) is 0 Å². The first-order valence-corrected chi connectivity index (χ1v) is 6.54. The van der Waals surface area contributed by atoms with Crippen LogP contribution in [0.5, 0.6) is 0 Å². The van der Waals surface area contributed by atoms with Gasteiger partial charge in [-0.05, 0) is 24.1 Å². The van der Waals surface area contributed by atoms with Crippen molar-refractivity contribution in [2.75, 3.05) is 0 Å². The predicted molar refractivity (Wildman–Crippen MR) is 73.0 cm³/mol. The number of hydrogen-bond donors (Lipinski definition) is 0. The molecule has 2 aromatic heterocycles. The van der Waals surface area contributed by atoms with E-state index in [1.807, 2.05) is 25.1 Å². The Morgan fingerprint density at radius 2 is 2.00 bits per heavy atom. The van der Waals surface area contributed by atoms with Crippen molar-refractivity contribution in [2.24, 2.45) is 0 Å². The van der Waals surface area contributed by atoms with Crippen LogP contribution in [0.15, 0.2) is 34.9 Å². The zero-order valence-electron chi connectivity index (χ0n) is 11.4. The van der Waals surface area contributed by atoms with E-state index in [2.05, 4.69) is 39.6 Å². The van der Waals surface area contributed by atoms with Gasteiger partial charge in [-0.15, -0.1) is 10.2 Å². The Balaban J connectivity index is 1.78. The molecule has 0 aliphatic rings. The van der Waals surface area contributed by atoms with Crippen LogP contribution in [-0.2, 0) is 13.0 Å². The smallest absolute Gasteiger partial charge is 0.204 e. The van der Waals surface area contributed by atoms with Crippen molar-refractivity contribution < 1.29 is 4.52 Å². The highest BCUT2D eigenvalue weighted by molar-refractivity contribution is 5.54. The minimum Gasteiger partial charge on any atom is -0.361 e. The van der Waals surface area contributed by atoms with Crippen LogP contribution in [-0.4, -0.2) is 25.4 Å². The molecule has 0 atom stereocenters. The molecule has 0 saturated heterocycles. The largest absolute Gasteiger partial charge is 0.361 e. The Kier molecular flexibility index (Phi) is 3.28. The molecule has 1 aromatic carbocycles. The molecule has 0 radical (unpaired) electrons. The molecule has 0 fully saturated rings. The van der Waals surface area contributed by atoms with Crippen molar-refractivity contribution in [1.29, 1.82) is 0 Å². The summed E-state index contributed by atoms with van der Waals surface area (Å²) in [5.41, 5.74) is 3.04. The van der Waals surface area contributed by atoms with Gasteiger partial charge >= 0.3 is 0 Å². The molecule has 0 saturated carbocycles. The third-order valence-corrected chi connectivity index (χ3v) is 3.05. The maximum absolute atomic E-state index is 5.01. The summed E-state index contributed by atoms with van der Waals surface area (Å²) in [4.78, 5) is 1.51. The van der Waals surface area contributed by atoms with Crippen LogP contribution in [0.3, 0.4) is 0 Å². The fourth-order valence-corrected chi connectivity index (χ4v) is 1.95. The van der Waals surface area contributed by atoms with E-state index in [9.17, 15) is 0 Å². The monoisotopic (exact) mass is 269 g/mol. The van der Waals surface area contributed by atoms with Gasteiger partial charge in [-0.3, -0.25) is 0 Å². The lowest BCUT2D eigenvalue weighted by molar-refractivity contribution is 0.385. The van der Waals surface area contributed by atoms with Gasteiger partial charge in [-0.1, -0.05) is 36.3 Å². The predicted octanol–water partition coefficient (Wildman–Crippen LogP) is 2.25. The second-order valence-electron chi connectivity index (χ2n) is 4.62. The molecule has 20 heavy (non-hydrogen) atoms. The minimum atomic E-state index is 0.456. The van der Waals surface area contributed by atoms with Crippen LogP contribution in [0.1, 0.15) is 23.9 Å². The molecule has 0 bridgehead atoms. The van der Waals surface area contributed by atoms with Crippen LogP contribution >= 0.6 is 0 Å².